The van der Waals surface area contributed by atoms with Crippen LogP contribution in [0, 0.1) is 5.92 Å². The normalized spacial score (nSPS) is 21.7. The van der Waals surface area contributed by atoms with Crippen LogP contribution in [-0.4, -0.2) is 43.8 Å². The zero-order chi connectivity index (χ0) is 15.9. The van der Waals surface area contributed by atoms with Gasteiger partial charge in [0.05, 0.1) is 0 Å². The standard InChI is InChI=1S/C15H30N4O2/c1-6-7-11-10-12(11)19-13(16-5)17-8-9-18-14(20)21-15(2,3)4/h11-12H,6-10H2,1-5H3,(H,18,20)(H2,16,17,19). The predicted molar refractivity (Wildman–Crippen MR) is 85.5 cm³/mol. The van der Waals surface area contributed by atoms with Crippen LogP contribution in [0.3, 0.4) is 0 Å². The number of guanidine groups is 1. The summed E-state index contributed by atoms with van der Waals surface area (Å²) in [5.74, 6) is 1.58. The lowest BCUT2D eigenvalue weighted by molar-refractivity contribution is 0.0529. The second kappa shape index (κ2) is 8.10. The highest BCUT2D eigenvalue weighted by Crippen LogP contribution is 2.34. The van der Waals surface area contributed by atoms with Crippen molar-refractivity contribution in [1.82, 2.24) is 16.0 Å². The van der Waals surface area contributed by atoms with Crippen LogP contribution in [0.1, 0.15) is 47.0 Å². The lowest BCUT2D eigenvalue weighted by Crippen LogP contribution is -2.43. The molecule has 3 N–H and O–H groups in total. The van der Waals surface area contributed by atoms with Crippen molar-refractivity contribution in [2.45, 2.75) is 58.6 Å². The quantitative estimate of drug-likeness (QED) is 0.397. The third-order valence-corrected chi connectivity index (χ3v) is 3.21. The number of ether oxygens (including phenoxy) is 1. The fourth-order valence-electron chi connectivity index (χ4n) is 2.14. The van der Waals surface area contributed by atoms with E-state index in [9.17, 15) is 4.79 Å². The first-order chi connectivity index (χ1) is 9.85. The molecule has 6 nitrogen and oxygen atoms in total. The van der Waals surface area contributed by atoms with Crippen LogP contribution in [0.15, 0.2) is 4.99 Å². The molecule has 0 aromatic rings. The average molecular weight is 298 g/mol. The topological polar surface area (TPSA) is 74.8 Å². The van der Waals surface area contributed by atoms with Gasteiger partial charge in [0, 0.05) is 26.2 Å². The molecule has 1 fully saturated rings. The van der Waals surface area contributed by atoms with Crippen molar-refractivity contribution in [2.75, 3.05) is 20.1 Å². The molecule has 0 aromatic carbocycles. The minimum absolute atomic E-state index is 0.391. The molecule has 1 aliphatic carbocycles. The first-order valence-corrected chi connectivity index (χ1v) is 7.79. The molecule has 0 bridgehead atoms. The molecule has 122 valence electrons. The van der Waals surface area contributed by atoms with E-state index in [1.807, 2.05) is 20.8 Å². The molecule has 1 aliphatic rings. The molecule has 0 saturated heterocycles. The largest absolute Gasteiger partial charge is 0.444 e. The molecule has 0 heterocycles. The van der Waals surface area contributed by atoms with Gasteiger partial charge in [0.25, 0.3) is 0 Å². The first kappa shape index (κ1) is 17.6. The molecule has 0 spiro atoms. The van der Waals surface area contributed by atoms with Gasteiger partial charge in [-0.05, 0) is 39.5 Å². The van der Waals surface area contributed by atoms with Gasteiger partial charge in [-0.2, -0.15) is 0 Å². The van der Waals surface area contributed by atoms with Crippen molar-refractivity contribution in [2.24, 2.45) is 10.9 Å². The number of carbonyl (C=O) groups is 1. The molecule has 1 rings (SSSR count). The summed E-state index contributed by atoms with van der Waals surface area (Å²) >= 11 is 0. The minimum atomic E-state index is -0.463. The molecule has 2 atom stereocenters. The highest BCUT2D eigenvalue weighted by atomic mass is 16.6. The van der Waals surface area contributed by atoms with E-state index in [4.69, 9.17) is 4.74 Å². The maximum atomic E-state index is 11.5. The summed E-state index contributed by atoms with van der Waals surface area (Å²) < 4.78 is 5.16. The molecule has 2 unspecified atom stereocenters. The van der Waals surface area contributed by atoms with Crippen molar-refractivity contribution >= 4 is 12.1 Å². The molecule has 21 heavy (non-hydrogen) atoms. The number of amides is 1. The fraction of sp³-hybridized carbons (Fsp3) is 0.867. The second-order valence-electron chi connectivity index (χ2n) is 6.46. The van der Waals surface area contributed by atoms with E-state index in [0.29, 0.717) is 19.1 Å². The summed E-state index contributed by atoms with van der Waals surface area (Å²) in [6.07, 6.45) is 3.34. The van der Waals surface area contributed by atoms with E-state index >= 15 is 0 Å². The van der Waals surface area contributed by atoms with Crippen molar-refractivity contribution in [3.63, 3.8) is 0 Å². The minimum Gasteiger partial charge on any atom is -0.444 e. The van der Waals surface area contributed by atoms with Gasteiger partial charge >= 0.3 is 6.09 Å². The lowest BCUT2D eigenvalue weighted by atomic mass is 10.2. The third kappa shape index (κ3) is 7.78. The highest BCUT2D eigenvalue weighted by molar-refractivity contribution is 5.80. The van der Waals surface area contributed by atoms with Crippen LogP contribution in [-0.2, 0) is 4.74 Å². The Morgan fingerprint density at radius 1 is 1.29 bits per heavy atom. The van der Waals surface area contributed by atoms with E-state index in [2.05, 4.69) is 27.9 Å². The van der Waals surface area contributed by atoms with Crippen LogP contribution in [0.5, 0.6) is 0 Å². The number of nitrogens with zero attached hydrogens (tertiary/aromatic N) is 1. The summed E-state index contributed by atoms with van der Waals surface area (Å²) in [4.78, 5) is 15.7. The van der Waals surface area contributed by atoms with Crippen molar-refractivity contribution in [3.05, 3.63) is 0 Å². The highest BCUT2D eigenvalue weighted by Gasteiger charge is 2.36. The van der Waals surface area contributed by atoms with Crippen molar-refractivity contribution in [3.8, 4) is 0 Å². The van der Waals surface area contributed by atoms with E-state index in [0.717, 1.165) is 11.9 Å². The van der Waals surface area contributed by atoms with Crippen molar-refractivity contribution in [1.29, 1.82) is 0 Å². The van der Waals surface area contributed by atoms with Gasteiger partial charge in [-0.3, -0.25) is 4.99 Å². The maximum Gasteiger partial charge on any atom is 0.407 e. The monoisotopic (exact) mass is 298 g/mol. The summed E-state index contributed by atoms with van der Waals surface area (Å²) in [6, 6.07) is 0.551. The fourth-order valence-corrected chi connectivity index (χ4v) is 2.14. The Morgan fingerprint density at radius 2 is 1.95 bits per heavy atom. The van der Waals surface area contributed by atoms with E-state index < -0.39 is 11.7 Å². The zero-order valence-electron chi connectivity index (χ0n) is 14.0. The number of hydrogen-bond acceptors (Lipinski definition) is 3. The van der Waals surface area contributed by atoms with Gasteiger partial charge in [-0.25, -0.2) is 4.79 Å². The Morgan fingerprint density at radius 3 is 2.52 bits per heavy atom. The molecule has 6 heteroatoms. The van der Waals surface area contributed by atoms with Gasteiger partial charge in [0.2, 0.25) is 0 Å². The summed E-state index contributed by atoms with van der Waals surface area (Å²) in [7, 11) is 1.76. The molecular formula is C15H30N4O2. The Bertz CT molecular complexity index is 363. The van der Waals surface area contributed by atoms with Gasteiger partial charge in [-0.15, -0.1) is 0 Å². The number of carbonyl (C=O) groups excluding carboxylic acids is 1. The molecular weight excluding hydrogens is 268 g/mol. The van der Waals surface area contributed by atoms with Crippen LogP contribution < -0.4 is 16.0 Å². The number of aliphatic imine (C=N–C) groups is 1. The van der Waals surface area contributed by atoms with E-state index in [1.165, 1.54) is 19.3 Å². The Kier molecular flexibility index (Phi) is 6.78. The van der Waals surface area contributed by atoms with Gasteiger partial charge in [0.15, 0.2) is 5.96 Å². The van der Waals surface area contributed by atoms with Gasteiger partial charge in [-0.1, -0.05) is 13.3 Å². The van der Waals surface area contributed by atoms with Crippen LogP contribution in [0.4, 0.5) is 4.79 Å². The predicted octanol–water partition coefficient (Wildman–Crippen LogP) is 1.86. The first-order valence-electron chi connectivity index (χ1n) is 7.79. The van der Waals surface area contributed by atoms with E-state index in [1.54, 1.807) is 7.05 Å². The number of nitrogens with one attached hydrogen (secondary N) is 3. The number of alkyl carbamates (subject to hydrolysis) is 1. The van der Waals surface area contributed by atoms with E-state index in [-0.39, 0.29) is 0 Å². The Hall–Kier alpha value is -1.46. The molecule has 0 aromatic heterocycles. The smallest absolute Gasteiger partial charge is 0.407 e. The van der Waals surface area contributed by atoms with Crippen LogP contribution in [0.25, 0.3) is 0 Å². The van der Waals surface area contributed by atoms with Gasteiger partial charge < -0.3 is 20.7 Å². The third-order valence-electron chi connectivity index (χ3n) is 3.21. The SMILES string of the molecule is CCCC1CC1NC(=NC)NCCNC(=O)OC(C)(C)C. The summed E-state index contributed by atoms with van der Waals surface area (Å²) in [5, 5.41) is 9.30. The number of hydrogen-bond donors (Lipinski definition) is 3. The van der Waals surface area contributed by atoms with Crippen LogP contribution in [0.2, 0.25) is 0 Å². The Labute approximate surface area is 128 Å². The van der Waals surface area contributed by atoms with Crippen molar-refractivity contribution < 1.29 is 9.53 Å². The summed E-state index contributed by atoms with van der Waals surface area (Å²) in [6.45, 7) is 8.87. The maximum absolute atomic E-state index is 11.5. The van der Waals surface area contributed by atoms with Gasteiger partial charge in [0.1, 0.15) is 5.60 Å². The molecule has 0 radical (unpaired) electrons. The zero-order valence-corrected chi connectivity index (χ0v) is 14.0. The lowest BCUT2D eigenvalue weighted by Gasteiger charge is -2.20. The average Bonchev–Trinajstić information content (AvgIpc) is 3.09. The molecule has 1 amide bonds. The Balaban J connectivity index is 2.12. The molecule has 0 aliphatic heterocycles. The number of rotatable bonds is 6. The summed E-state index contributed by atoms with van der Waals surface area (Å²) in [5.41, 5.74) is -0.463. The van der Waals surface area contributed by atoms with Crippen LogP contribution >= 0.6 is 0 Å². The second-order valence-corrected chi connectivity index (χ2v) is 6.46. The molecule has 1 saturated carbocycles.